The lowest BCUT2D eigenvalue weighted by molar-refractivity contribution is -0.141. The molecule has 30 heavy (non-hydrogen) atoms. The molecule has 2 aromatic rings. The Bertz CT molecular complexity index is 902. The number of anilines is 2. The second-order valence-corrected chi connectivity index (χ2v) is 7.57. The number of aliphatic imine (C=N–C) groups is 1. The molecule has 1 aliphatic rings. The second-order valence-electron chi connectivity index (χ2n) is 7.14. The van der Waals surface area contributed by atoms with E-state index in [1.165, 1.54) is 6.07 Å². The maximum atomic E-state index is 13.6. The Hall–Kier alpha value is -2.62. The Balaban J connectivity index is 1.79. The van der Waals surface area contributed by atoms with Crippen LogP contribution in [0.15, 0.2) is 29.3 Å². The number of nitrogens with one attached hydrogen (secondary N) is 3. The molecular weight excluding hydrogens is 426 g/mol. The minimum Gasteiger partial charge on any atom is -0.325 e. The number of aromatic nitrogens is 2. The highest BCUT2D eigenvalue weighted by molar-refractivity contribution is 6.31. The summed E-state index contributed by atoms with van der Waals surface area (Å²) >= 11 is 5.83. The van der Waals surface area contributed by atoms with Gasteiger partial charge in [0.2, 0.25) is 11.9 Å². The predicted octanol–water partition coefficient (Wildman–Crippen LogP) is 5.60. The Morgan fingerprint density at radius 1 is 1.17 bits per heavy atom. The van der Waals surface area contributed by atoms with Crippen molar-refractivity contribution in [3.8, 4) is 0 Å². The quantitative estimate of drug-likeness (QED) is 0.325. The van der Waals surface area contributed by atoms with Crippen molar-refractivity contribution in [3.05, 3.63) is 40.8 Å². The summed E-state index contributed by atoms with van der Waals surface area (Å²) in [7, 11) is 0. The van der Waals surface area contributed by atoms with Gasteiger partial charge in [-0.1, -0.05) is 30.9 Å². The number of nitrogens with zero attached hydrogens (tertiary/aromatic N) is 2. The number of alkyl halides is 3. The van der Waals surface area contributed by atoms with Gasteiger partial charge in [-0.2, -0.15) is 23.3 Å². The van der Waals surface area contributed by atoms with Gasteiger partial charge in [-0.3, -0.25) is 9.89 Å². The Labute approximate surface area is 175 Å². The molecule has 1 amide bonds. The fraction of sp³-hybridized carbons (Fsp3) is 0.421. The minimum absolute atomic E-state index is 0.101. The van der Waals surface area contributed by atoms with Crippen LogP contribution in [0.25, 0.3) is 0 Å². The van der Waals surface area contributed by atoms with Crippen molar-refractivity contribution >= 4 is 35.0 Å². The summed E-state index contributed by atoms with van der Waals surface area (Å²) in [4.78, 5) is 16.4. The number of benzene rings is 1. The molecule has 0 radical (unpaired) electrons. The van der Waals surface area contributed by atoms with Gasteiger partial charge in [0.15, 0.2) is 5.82 Å². The van der Waals surface area contributed by atoms with Crippen LogP contribution >= 0.6 is 11.6 Å². The summed E-state index contributed by atoms with van der Waals surface area (Å²) in [6.45, 7) is 0. The van der Waals surface area contributed by atoms with E-state index in [-0.39, 0.29) is 34.8 Å². The van der Waals surface area contributed by atoms with E-state index in [9.17, 15) is 22.4 Å². The maximum Gasteiger partial charge on any atom is 0.432 e. The molecule has 0 unspecified atom stereocenters. The number of guanidine groups is 1. The molecule has 0 aliphatic heterocycles. The highest BCUT2D eigenvalue weighted by Gasteiger charge is 2.33. The van der Waals surface area contributed by atoms with Crippen LogP contribution in [-0.2, 0) is 11.0 Å². The first-order chi connectivity index (χ1) is 14.2. The van der Waals surface area contributed by atoms with Crippen molar-refractivity contribution in [2.75, 3.05) is 10.6 Å². The number of rotatable bonds is 4. The number of halogens is 5. The molecular formula is C19H20ClF4N5O. The second kappa shape index (κ2) is 9.46. The summed E-state index contributed by atoms with van der Waals surface area (Å²) in [5.74, 6) is -1.23. The number of amides is 1. The van der Waals surface area contributed by atoms with Crippen molar-refractivity contribution in [1.82, 2.24) is 10.2 Å². The van der Waals surface area contributed by atoms with E-state index in [1.807, 2.05) is 5.10 Å². The predicted molar refractivity (Wildman–Crippen MR) is 106 cm³/mol. The summed E-state index contributed by atoms with van der Waals surface area (Å²) in [5.41, 5.74) is -0.894. The van der Waals surface area contributed by atoms with Gasteiger partial charge in [-0.15, -0.1) is 0 Å². The third-order valence-electron chi connectivity index (χ3n) is 4.68. The van der Waals surface area contributed by atoms with Gasteiger partial charge in [0.25, 0.3) is 0 Å². The molecule has 3 N–H and O–H groups in total. The zero-order valence-electron chi connectivity index (χ0n) is 15.8. The molecule has 6 nitrogen and oxygen atoms in total. The Morgan fingerprint density at radius 2 is 1.90 bits per heavy atom. The number of aromatic amines is 1. The third-order valence-corrected chi connectivity index (χ3v) is 4.90. The fourth-order valence-electron chi connectivity index (χ4n) is 3.31. The number of carbonyl (C=O) groups is 1. The normalized spacial score (nSPS) is 15.8. The molecule has 1 aromatic carbocycles. The van der Waals surface area contributed by atoms with Crippen molar-refractivity contribution in [2.24, 2.45) is 10.9 Å². The average molecular weight is 446 g/mol. The van der Waals surface area contributed by atoms with E-state index >= 15 is 0 Å². The largest absolute Gasteiger partial charge is 0.432 e. The van der Waals surface area contributed by atoms with E-state index in [2.05, 4.69) is 20.7 Å². The number of hydrogen-bond donors (Lipinski definition) is 3. The van der Waals surface area contributed by atoms with Crippen LogP contribution in [0.5, 0.6) is 0 Å². The summed E-state index contributed by atoms with van der Waals surface area (Å²) in [6, 6.07) is 4.33. The molecule has 0 bridgehead atoms. The average Bonchev–Trinajstić information content (AvgIpc) is 3.10. The van der Waals surface area contributed by atoms with E-state index < -0.39 is 23.6 Å². The zero-order chi connectivity index (χ0) is 21.7. The van der Waals surface area contributed by atoms with E-state index in [0.29, 0.717) is 0 Å². The standard InChI is InChI=1S/C19H20ClF4N5O/c20-12-7-13(21)9-14(8-12)25-18(26-16-10-15(28-29-16)19(22,23)24)27-17(30)6-11-4-2-1-3-5-11/h7-11H,1-6H2,(H3,25,26,27,28,29,30). The first-order valence-corrected chi connectivity index (χ1v) is 9.81. The van der Waals surface area contributed by atoms with Crippen LogP contribution in [0.2, 0.25) is 5.02 Å². The summed E-state index contributed by atoms with van der Waals surface area (Å²) in [6.07, 6.45) is 0.746. The van der Waals surface area contributed by atoms with Crippen LogP contribution in [0.1, 0.15) is 44.2 Å². The van der Waals surface area contributed by atoms with Crippen LogP contribution < -0.4 is 10.6 Å². The molecule has 1 aromatic heterocycles. The van der Waals surface area contributed by atoms with E-state index in [1.54, 1.807) is 0 Å². The van der Waals surface area contributed by atoms with Gasteiger partial charge in [0.05, 0.1) is 0 Å². The van der Waals surface area contributed by atoms with Gasteiger partial charge < -0.3 is 10.6 Å². The molecule has 162 valence electrons. The third kappa shape index (κ3) is 6.45. The first-order valence-electron chi connectivity index (χ1n) is 9.43. The molecule has 1 saturated carbocycles. The molecule has 0 atom stereocenters. The van der Waals surface area contributed by atoms with Crippen LogP contribution in [0, 0.1) is 11.7 Å². The summed E-state index contributed by atoms with van der Waals surface area (Å²) in [5, 5.41) is 10.7. The zero-order valence-corrected chi connectivity index (χ0v) is 16.6. The van der Waals surface area contributed by atoms with Crippen molar-refractivity contribution in [2.45, 2.75) is 44.7 Å². The lowest BCUT2D eigenvalue weighted by Crippen LogP contribution is -2.24. The SMILES string of the molecule is O=C(CC1CCCCC1)/N=C(/Nc1cc(F)cc(Cl)c1)Nc1cc(C(F)(F)F)[nH]n1. The number of hydrogen-bond acceptors (Lipinski definition) is 2. The van der Waals surface area contributed by atoms with Gasteiger partial charge in [-0.05, 0) is 37.0 Å². The lowest BCUT2D eigenvalue weighted by atomic mass is 9.87. The van der Waals surface area contributed by atoms with Crippen molar-refractivity contribution in [1.29, 1.82) is 0 Å². The molecule has 0 saturated heterocycles. The van der Waals surface area contributed by atoms with Gasteiger partial charge in [0, 0.05) is 23.2 Å². The Kier molecular flexibility index (Phi) is 6.96. The smallest absolute Gasteiger partial charge is 0.325 e. The Morgan fingerprint density at radius 3 is 2.53 bits per heavy atom. The molecule has 11 heteroatoms. The summed E-state index contributed by atoms with van der Waals surface area (Å²) < 4.78 is 52.0. The first kappa shape index (κ1) is 22.1. The van der Waals surface area contributed by atoms with Crippen LogP contribution in [0.4, 0.5) is 29.1 Å². The van der Waals surface area contributed by atoms with Crippen molar-refractivity contribution < 1.29 is 22.4 Å². The molecule has 1 aliphatic carbocycles. The number of carbonyl (C=O) groups excluding carboxylic acids is 1. The molecule has 3 rings (SSSR count). The maximum absolute atomic E-state index is 13.6. The molecule has 0 spiro atoms. The molecule has 1 heterocycles. The fourth-order valence-corrected chi connectivity index (χ4v) is 3.53. The van der Waals surface area contributed by atoms with Crippen LogP contribution in [-0.4, -0.2) is 22.1 Å². The van der Waals surface area contributed by atoms with E-state index in [4.69, 9.17) is 11.6 Å². The van der Waals surface area contributed by atoms with E-state index in [0.717, 1.165) is 50.3 Å². The van der Waals surface area contributed by atoms with Gasteiger partial charge >= 0.3 is 6.18 Å². The lowest BCUT2D eigenvalue weighted by Gasteiger charge is -2.20. The monoisotopic (exact) mass is 445 g/mol. The highest BCUT2D eigenvalue weighted by Crippen LogP contribution is 2.29. The highest BCUT2D eigenvalue weighted by atomic mass is 35.5. The molecule has 1 fully saturated rings. The number of H-pyrrole nitrogens is 1. The topological polar surface area (TPSA) is 82.2 Å². The van der Waals surface area contributed by atoms with Crippen molar-refractivity contribution in [3.63, 3.8) is 0 Å². The van der Waals surface area contributed by atoms with Crippen LogP contribution in [0.3, 0.4) is 0 Å². The minimum atomic E-state index is -4.61. The van der Waals surface area contributed by atoms with Gasteiger partial charge in [0.1, 0.15) is 11.5 Å². The van der Waals surface area contributed by atoms with Gasteiger partial charge in [-0.25, -0.2) is 4.39 Å².